The van der Waals surface area contributed by atoms with E-state index >= 15 is 0 Å². The number of non-ortho nitro benzene ring substituents is 1. The lowest BCUT2D eigenvalue weighted by Gasteiger charge is -2.13. The Hall–Kier alpha value is -5.34. The molecule has 2 heterocycles. The van der Waals surface area contributed by atoms with Crippen molar-refractivity contribution >= 4 is 50.6 Å². The van der Waals surface area contributed by atoms with Gasteiger partial charge in [0.1, 0.15) is 15.6 Å². The standard InChI is InChI=1S/C27H20N6O6S2/c34-27(35)21-9-4-5-10-22(21)31-41(38,39)24-15-20(33(36)37)12-13-23(24)29-28-16-19-17-32(25-11-6-14-40-25)30-26(19)18-7-2-1-3-8-18/h1-17,29,31H,(H,34,35). The van der Waals surface area contributed by atoms with Crippen molar-refractivity contribution in [3.05, 3.63) is 118 Å². The molecular weight excluding hydrogens is 568 g/mol. The molecule has 2 aromatic heterocycles. The van der Waals surface area contributed by atoms with Gasteiger partial charge in [-0.25, -0.2) is 17.9 Å². The first-order valence-electron chi connectivity index (χ1n) is 11.8. The maximum absolute atomic E-state index is 13.3. The number of hydrazone groups is 1. The molecule has 0 unspecified atom stereocenters. The van der Waals surface area contributed by atoms with Gasteiger partial charge < -0.3 is 5.11 Å². The van der Waals surface area contributed by atoms with Crippen LogP contribution in [-0.4, -0.2) is 40.4 Å². The van der Waals surface area contributed by atoms with Crippen molar-refractivity contribution in [1.82, 2.24) is 9.78 Å². The van der Waals surface area contributed by atoms with Crippen LogP contribution in [0.2, 0.25) is 0 Å². The number of anilines is 2. The fraction of sp³-hybridized carbons (Fsp3) is 0. The van der Waals surface area contributed by atoms with Crippen LogP contribution in [0.25, 0.3) is 16.3 Å². The first kappa shape index (κ1) is 27.2. The monoisotopic (exact) mass is 588 g/mol. The van der Waals surface area contributed by atoms with E-state index in [4.69, 9.17) is 0 Å². The Morgan fingerprint density at radius 1 is 1.02 bits per heavy atom. The second-order valence-electron chi connectivity index (χ2n) is 8.46. The molecule has 0 saturated heterocycles. The van der Waals surface area contributed by atoms with Crippen LogP contribution in [0.1, 0.15) is 15.9 Å². The highest BCUT2D eigenvalue weighted by molar-refractivity contribution is 7.93. The van der Waals surface area contributed by atoms with Crippen LogP contribution in [0.3, 0.4) is 0 Å². The summed E-state index contributed by atoms with van der Waals surface area (Å²) in [5.41, 5.74) is 3.72. The quantitative estimate of drug-likeness (QED) is 0.110. The van der Waals surface area contributed by atoms with Crippen LogP contribution in [0.4, 0.5) is 17.1 Å². The second kappa shape index (κ2) is 11.4. The molecule has 0 amide bonds. The molecule has 0 radical (unpaired) electrons. The second-order valence-corrected chi connectivity index (χ2v) is 11.0. The third kappa shape index (κ3) is 5.98. The van der Waals surface area contributed by atoms with Crippen LogP contribution in [-0.2, 0) is 10.0 Å². The molecule has 0 aliphatic carbocycles. The SMILES string of the molecule is O=C(O)c1ccccc1NS(=O)(=O)c1cc([N+](=O)[O-])ccc1NN=Cc1cn(-c2cccs2)nc1-c1ccccc1. The van der Waals surface area contributed by atoms with E-state index < -0.39 is 31.5 Å². The first-order valence-corrected chi connectivity index (χ1v) is 14.2. The van der Waals surface area contributed by atoms with Crippen molar-refractivity contribution in [2.24, 2.45) is 5.10 Å². The van der Waals surface area contributed by atoms with E-state index in [1.54, 1.807) is 10.9 Å². The number of hydrogen-bond donors (Lipinski definition) is 3. The lowest BCUT2D eigenvalue weighted by atomic mass is 10.1. The van der Waals surface area contributed by atoms with Gasteiger partial charge in [-0.15, -0.1) is 11.3 Å². The molecule has 0 bridgehead atoms. The van der Waals surface area contributed by atoms with Gasteiger partial charge in [0.2, 0.25) is 0 Å². The molecule has 3 aromatic carbocycles. The zero-order valence-corrected chi connectivity index (χ0v) is 22.5. The van der Waals surface area contributed by atoms with Crippen molar-refractivity contribution in [2.45, 2.75) is 4.90 Å². The number of carboxylic acid groups (broad SMARTS) is 1. The third-order valence-electron chi connectivity index (χ3n) is 5.78. The Morgan fingerprint density at radius 3 is 2.49 bits per heavy atom. The van der Waals surface area contributed by atoms with E-state index in [1.807, 2.05) is 47.8 Å². The Balaban J connectivity index is 1.50. The Morgan fingerprint density at radius 2 is 1.78 bits per heavy atom. The molecule has 0 saturated carbocycles. The molecule has 0 aliphatic heterocycles. The molecule has 41 heavy (non-hydrogen) atoms. The average Bonchev–Trinajstić information content (AvgIpc) is 3.64. The smallest absolute Gasteiger partial charge is 0.337 e. The van der Waals surface area contributed by atoms with Gasteiger partial charge in [0.15, 0.2) is 0 Å². The van der Waals surface area contributed by atoms with Crippen molar-refractivity contribution in [1.29, 1.82) is 0 Å². The van der Waals surface area contributed by atoms with Gasteiger partial charge in [-0.3, -0.25) is 20.3 Å². The number of carboxylic acids is 1. The van der Waals surface area contributed by atoms with E-state index in [-0.39, 0.29) is 16.9 Å². The number of nitrogens with zero attached hydrogens (tertiary/aromatic N) is 4. The lowest BCUT2D eigenvalue weighted by Crippen LogP contribution is -2.17. The average molecular weight is 589 g/mol. The van der Waals surface area contributed by atoms with E-state index in [2.05, 4.69) is 20.3 Å². The van der Waals surface area contributed by atoms with Crippen LogP contribution >= 0.6 is 11.3 Å². The van der Waals surface area contributed by atoms with Gasteiger partial charge in [-0.2, -0.15) is 10.2 Å². The molecule has 0 aliphatic rings. The minimum Gasteiger partial charge on any atom is -0.478 e. The summed E-state index contributed by atoms with van der Waals surface area (Å²) in [5, 5.41) is 32.6. The molecule has 14 heteroatoms. The number of benzene rings is 3. The van der Waals surface area contributed by atoms with Crippen molar-refractivity contribution in [2.75, 3.05) is 10.1 Å². The lowest BCUT2D eigenvalue weighted by molar-refractivity contribution is -0.385. The number of rotatable bonds is 10. The van der Waals surface area contributed by atoms with E-state index in [0.717, 1.165) is 22.7 Å². The predicted molar refractivity (Wildman–Crippen MR) is 155 cm³/mol. The largest absolute Gasteiger partial charge is 0.478 e. The minimum atomic E-state index is -4.50. The molecule has 5 aromatic rings. The summed E-state index contributed by atoms with van der Waals surface area (Å²) in [6, 6.07) is 21.9. The fourth-order valence-corrected chi connectivity index (χ4v) is 5.80. The number of aromatic nitrogens is 2. The molecule has 3 N–H and O–H groups in total. The third-order valence-corrected chi connectivity index (χ3v) is 8.04. The molecule has 0 spiro atoms. The zero-order valence-electron chi connectivity index (χ0n) is 20.9. The highest BCUT2D eigenvalue weighted by Gasteiger charge is 2.24. The zero-order chi connectivity index (χ0) is 29.0. The summed E-state index contributed by atoms with van der Waals surface area (Å²) in [6.07, 6.45) is 3.24. The predicted octanol–water partition coefficient (Wildman–Crippen LogP) is 5.45. The highest BCUT2D eigenvalue weighted by Crippen LogP contribution is 2.30. The number of nitro groups is 1. The molecule has 0 atom stereocenters. The summed E-state index contributed by atoms with van der Waals surface area (Å²) >= 11 is 1.50. The van der Waals surface area contributed by atoms with Crippen LogP contribution < -0.4 is 10.1 Å². The summed E-state index contributed by atoms with van der Waals surface area (Å²) in [5.74, 6) is -1.34. The van der Waals surface area contributed by atoms with Gasteiger partial charge in [0, 0.05) is 29.5 Å². The minimum absolute atomic E-state index is 0.0703. The number of thiophene rings is 1. The van der Waals surface area contributed by atoms with Crippen molar-refractivity contribution < 1.29 is 23.2 Å². The first-order chi connectivity index (χ1) is 19.7. The van der Waals surface area contributed by atoms with Gasteiger partial charge >= 0.3 is 5.97 Å². The Bertz CT molecular complexity index is 1870. The number of nitrogens with one attached hydrogen (secondary N) is 2. The number of hydrogen-bond acceptors (Lipinski definition) is 9. The number of nitro benzene ring substituents is 1. The Labute approximate surface area is 237 Å². The maximum Gasteiger partial charge on any atom is 0.337 e. The number of aromatic carboxylic acids is 1. The van der Waals surface area contributed by atoms with Gasteiger partial charge in [-0.05, 0) is 35.7 Å². The van der Waals surface area contributed by atoms with E-state index in [0.29, 0.717) is 11.3 Å². The molecular formula is C27H20N6O6S2. The summed E-state index contributed by atoms with van der Waals surface area (Å²) < 4.78 is 30.6. The normalized spacial score (nSPS) is 11.4. The summed E-state index contributed by atoms with van der Waals surface area (Å²) in [7, 11) is -4.50. The number of para-hydroxylation sites is 1. The van der Waals surface area contributed by atoms with Gasteiger partial charge in [0.25, 0.3) is 15.7 Å². The van der Waals surface area contributed by atoms with E-state index in [9.17, 15) is 28.4 Å². The van der Waals surface area contributed by atoms with Gasteiger partial charge in [-0.1, -0.05) is 42.5 Å². The topological polar surface area (TPSA) is 169 Å². The van der Waals surface area contributed by atoms with Crippen molar-refractivity contribution in [3.8, 4) is 16.3 Å². The maximum atomic E-state index is 13.3. The number of carbonyl (C=O) groups is 1. The summed E-state index contributed by atoms with van der Waals surface area (Å²) in [6.45, 7) is 0. The van der Waals surface area contributed by atoms with Gasteiger partial charge in [0.05, 0.1) is 28.1 Å². The molecule has 5 rings (SSSR count). The van der Waals surface area contributed by atoms with Crippen LogP contribution in [0, 0.1) is 10.1 Å². The molecule has 206 valence electrons. The number of sulfonamides is 1. The Kier molecular flexibility index (Phi) is 7.58. The molecule has 12 nitrogen and oxygen atoms in total. The fourth-order valence-electron chi connectivity index (χ4n) is 3.88. The van der Waals surface area contributed by atoms with Crippen LogP contribution in [0.15, 0.2) is 107 Å². The van der Waals surface area contributed by atoms with Crippen molar-refractivity contribution in [3.63, 3.8) is 0 Å². The summed E-state index contributed by atoms with van der Waals surface area (Å²) in [4.78, 5) is 21.8. The van der Waals surface area contributed by atoms with Crippen LogP contribution in [0.5, 0.6) is 0 Å². The molecule has 0 fully saturated rings. The highest BCUT2D eigenvalue weighted by atomic mass is 32.2. The van der Waals surface area contributed by atoms with E-state index in [1.165, 1.54) is 47.9 Å².